The van der Waals surface area contributed by atoms with E-state index < -0.39 is 0 Å². The predicted molar refractivity (Wildman–Crippen MR) is 103 cm³/mol. The summed E-state index contributed by atoms with van der Waals surface area (Å²) < 4.78 is 18.4. The Morgan fingerprint density at radius 1 is 1.19 bits per heavy atom. The largest absolute Gasteiger partial charge is 0.383 e. The highest BCUT2D eigenvalue weighted by Crippen LogP contribution is 2.32. The summed E-state index contributed by atoms with van der Waals surface area (Å²) in [7, 11) is 1.66. The van der Waals surface area contributed by atoms with Gasteiger partial charge >= 0.3 is 0 Å². The number of nitrogens with one attached hydrogen (secondary N) is 2. The van der Waals surface area contributed by atoms with Crippen LogP contribution in [0.4, 0.5) is 21.2 Å². The lowest BCUT2D eigenvalue weighted by atomic mass is 10.2. The van der Waals surface area contributed by atoms with Gasteiger partial charge in [-0.15, -0.1) is 0 Å². The van der Waals surface area contributed by atoms with Gasteiger partial charge in [-0.05, 0) is 43.7 Å². The van der Waals surface area contributed by atoms with E-state index in [-0.39, 0.29) is 5.82 Å². The zero-order valence-corrected chi connectivity index (χ0v) is 15.7. The van der Waals surface area contributed by atoms with E-state index >= 15 is 0 Å². The lowest BCUT2D eigenvalue weighted by Gasteiger charge is -2.07. The molecule has 0 spiro atoms. The molecule has 3 aromatic rings. The molecule has 26 heavy (non-hydrogen) atoms. The van der Waals surface area contributed by atoms with Gasteiger partial charge in [0.1, 0.15) is 5.82 Å². The van der Waals surface area contributed by atoms with Crippen LogP contribution in [0.15, 0.2) is 30.5 Å². The molecule has 2 heterocycles. The first-order valence-electron chi connectivity index (χ1n) is 8.13. The number of hydrogen-bond acceptors (Lipinski definition) is 7. The van der Waals surface area contributed by atoms with E-state index in [0.29, 0.717) is 24.7 Å². The number of aromatic nitrogens is 3. The third kappa shape index (κ3) is 4.33. The number of rotatable bonds is 7. The maximum absolute atomic E-state index is 13.4. The summed E-state index contributed by atoms with van der Waals surface area (Å²) in [5, 5.41) is 7.17. The first kappa shape index (κ1) is 18.2. The molecule has 8 heteroatoms. The average Bonchev–Trinajstić information content (AvgIpc) is 2.99. The maximum Gasteiger partial charge on any atom is 0.227 e. The molecule has 0 amide bonds. The summed E-state index contributed by atoms with van der Waals surface area (Å²) in [5.41, 5.74) is 2.99. The van der Waals surface area contributed by atoms with Gasteiger partial charge in [-0.25, -0.2) is 19.3 Å². The van der Waals surface area contributed by atoms with Crippen LogP contribution in [0.1, 0.15) is 11.3 Å². The van der Waals surface area contributed by atoms with E-state index in [0.717, 1.165) is 27.1 Å². The molecule has 0 aliphatic carbocycles. The standard InChI is InChI=1S/C18H20FN5OS/c1-11-10-13(4-5-14(11)19)23-17-20-7-6-15(24-17)16-12(2)22-18(26-16)21-8-9-25-3/h4-7,10H,8-9H2,1-3H3,(H,21,22)(H,20,23,24). The molecule has 0 saturated heterocycles. The fourth-order valence-corrected chi connectivity index (χ4v) is 3.33. The molecule has 2 aromatic heterocycles. The van der Waals surface area contributed by atoms with Gasteiger partial charge < -0.3 is 15.4 Å². The van der Waals surface area contributed by atoms with E-state index in [9.17, 15) is 4.39 Å². The van der Waals surface area contributed by atoms with Gasteiger partial charge in [-0.2, -0.15) is 0 Å². The zero-order valence-electron chi connectivity index (χ0n) is 14.8. The molecule has 0 radical (unpaired) electrons. The molecule has 1 aromatic carbocycles. The maximum atomic E-state index is 13.4. The number of methoxy groups -OCH3 is 1. The average molecular weight is 373 g/mol. The molecule has 0 aliphatic heterocycles. The van der Waals surface area contributed by atoms with Crippen LogP contribution in [0.2, 0.25) is 0 Å². The second-order valence-corrected chi connectivity index (χ2v) is 6.71. The Hall–Kier alpha value is -2.58. The lowest BCUT2D eigenvalue weighted by Crippen LogP contribution is -2.06. The molecule has 0 atom stereocenters. The van der Waals surface area contributed by atoms with Crippen molar-refractivity contribution in [2.45, 2.75) is 13.8 Å². The SMILES string of the molecule is COCCNc1nc(C)c(-c2ccnc(Nc3ccc(F)c(C)c3)n2)s1. The van der Waals surface area contributed by atoms with Crippen molar-refractivity contribution in [1.82, 2.24) is 15.0 Å². The van der Waals surface area contributed by atoms with E-state index in [1.54, 1.807) is 32.4 Å². The van der Waals surface area contributed by atoms with Crippen LogP contribution in [0, 0.1) is 19.7 Å². The predicted octanol–water partition coefficient (Wildman–Crippen LogP) is 4.16. The first-order chi connectivity index (χ1) is 12.6. The van der Waals surface area contributed by atoms with Gasteiger partial charge in [0.05, 0.1) is 22.9 Å². The van der Waals surface area contributed by atoms with E-state index in [1.165, 1.54) is 17.4 Å². The van der Waals surface area contributed by atoms with Crippen molar-refractivity contribution in [3.63, 3.8) is 0 Å². The van der Waals surface area contributed by atoms with Gasteiger partial charge in [-0.1, -0.05) is 11.3 Å². The minimum absolute atomic E-state index is 0.237. The van der Waals surface area contributed by atoms with E-state index in [1.807, 2.05) is 13.0 Å². The van der Waals surface area contributed by atoms with Crippen LogP contribution in [-0.2, 0) is 4.74 Å². The highest BCUT2D eigenvalue weighted by Gasteiger charge is 2.12. The summed E-state index contributed by atoms with van der Waals surface area (Å²) in [4.78, 5) is 14.3. The highest BCUT2D eigenvalue weighted by molar-refractivity contribution is 7.19. The van der Waals surface area contributed by atoms with E-state index in [4.69, 9.17) is 4.74 Å². The Labute approximate surface area is 155 Å². The number of anilines is 3. The third-order valence-electron chi connectivity index (χ3n) is 3.68. The molecule has 0 fully saturated rings. The smallest absolute Gasteiger partial charge is 0.227 e. The highest BCUT2D eigenvalue weighted by atomic mass is 32.1. The van der Waals surface area contributed by atoms with Crippen LogP contribution in [0.25, 0.3) is 10.6 Å². The number of hydrogen-bond donors (Lipinski definition) is 2. The quantitative estimate of drug-likeness (QED) is 0.606. The molecule has 0 aliphatic rings. The number of aryl methyl sites for hydroxylation is 2. The van der Waals surface area contributed by atoms with Gasteiger partial charge in [0.25, 0.3) is 0 Å². The molecule has 2 N–H and O–H groups in total. The molecule has 6 nitrogen and oxygen atoms in total. The fraction of sp³-hybridized carbons (Fsp3) is 0.278. The second-order valence-electron chi connectivity index (χ2n) is 5.71. The fourth-order valence-electron chi connectivity index (χ4n) is 2.37. The van der Waals surface area contributed by atoms with Crippen LogP contribution in [0.3, 0.4) is 0 Å². The van der Waals surface area contributed by atoms with Gasteiger partial charge in [0, 0.05) is 25.5 Å². The van der Waals surface area contributed by atoms with Crippen molar-refractivity contribution in [3.05, 3.63) is 47.5 Å². The van der Waals surface area contributed by atoms with Crippen molar-refractivity contribution in [2.24, 2.45) is 0 Å². The lowest BCUT2D eigenvalue weighted by molar-refractivity contribution is 0.211. The van der Waals surface area contributed by atoms with Crippen LogP contribution in [-0.4, -0.2) is 35.2 Å². The normalized spacial score (nSPS) is 10.8. The van der Waals surface area contributed by atoms with Gasteiger partial charge in [0.15, 0.2) is 5.13 Å². The Balaban J connectivity index is 1.79. The Bertz CT molecular complexity index is 899. The minimum atomic E-state index is -0.237. The summed E-state index contributed by atoms with van der Waals surface area (Å²) in [5.74, 6) is 0.217. The number of nitrogens with zero attached hydrogens (tertiary/aromatic N) is 3. The second kappa shape index (κ2) is 8.20. The Morgan fingerprint density at radius 3 is 2.81 bits per heavy atom. The first-order valence-corrected chi connectivity index (χ1v) is 8.95. The number of ether oxygens (including phenoxy) is 1. The van der Waals surface area contributed by atoms with E-state index in [2.05, 4.69) is 25.6 Å². The summed E-state index contributed by atoms with van der Waals surface area (Å²) >= 11 is 1.54. The van der Waals surface area contributed by atoms with Crippen LogP contribution in [0.5, 0.6) is 0 Å². The van der Waals surface area contributed by atoms with Crippen LogP contribution >= 0.6 is 11.3 Å². The Morgan fingerprint density at radius 2 is 2.04 bits per heavy atom. The molecular formula is C18H20FN5OS. The van der Waals surface area contributed by atoms with Crippen molar-refractivity contribution in [2.75, 3.05) is 30.9 Å². The minimum Gasteiger partial charge on any atom is -0.383 e. The molecule has 136 valence electrons. The summed E-state index contributed by atoms with van der Waals surface area (Å²) in [6.07, 6.45) is 1.69. The molecule has 0 saturated carbocycles. The Kier molecular flexibility index (Phi) is 5.75. The monoisotopic (exact) mass is 373 g/mol. The van der Waals surface area contributed by atoms with Crippen molar-refractivity contribution in [1.29, 1.82) is 0 Å². The molecular weight excluding hydrogens is 353 g/mol. The number of halogens is 1. The topological polar surface area (TPSA) is 72.0 Å². The van der Waals surface area contributed by atoms with Crippen molar-refractivity contribution >= 4 is 28.1 Å². The van der Waals surface area contributed by atoms with Crippen molar-refractivity contribution < 1.29 is 9.13 Å². The summed E-state index contributed by atoms with van der Waals surface area (Å²) in [6, 6.07) is 6.66. The molecule has 0 unspecified atom stereocenters. The summed E-state index contributed by atoms with van der Waals surface area (Å²) in [6.45, 7) is 4.98. The zero-order chi connectivity index (χ0) is 18.5. The van der Waals surface area contributed by atoms with Crippen molar-refractivity contribution in [3.8, 4) is 10.6 Å². The van der Waals surface area contributed by atoms with Gasteiger partial charge in [-0.3, -0.25) is 0 Å². The molecule has 0 bridgehead atoms. The molecule has 3 rings (SSSR count). The number of thiazole rings is 1. The van der Waals surface area contributed by atoms with Crippen LogP contribution < -0.4 is 10.6 Å². The number of benzene rings is 1. The third-order valence-corrected chi connectivity index (χ3v) is 4.82. The van der Waals surface area contributed by atoms with Gasteiger partial charge in [0.2, 0.25) is 5.95 Å².